The first-order valence-electron chi connectivity index (χ1n) is 9.84. The maximum absolute atomic E-state index is 14.1. The Bertz CT molecular complexity index is 1120. The molecule has 0 aliphatic carbocycles. The summed E-state index contributed by atoms with van der Waals surface area (Å²) in [6.45, 7) is 1.49. The average molecular weight is 466 g/mol. The van der Waals surface area contributed by atoms with E-state index in [2.05, 4.69) is 20.5 Å². The summed E-state index contributed by atoms with van der Waals surface area (Å²) in [6, 6.07) is 2.79. The van der Waals surface area contributed by atoms with Crippen LogP contribution in [0, 0.1) is 18.6 Å². The maximum Gasteiger partial charge on any atom is 0.277 e. The van der Waals surface area contributed by atoms with Crippen LogP contribution in [0.15, 0.2) is 18.2 Å². The third-order valence-electron chi connectivity index (χ3n) is 5.26. The van der Waals surface area contributed by atoms with Gasteiger partial charge in [0, 0.05) is 6.04 Å². The van der Waals surface area contributed by atoms with Crippen LogP contribution in [0.3, 0.4) is 0 Å². The van der Waals surface area contributed by atoms with Crippen molar-refractivity contribution in [2.75, 3.05) is 17.7 Å². The number of rotatable bonds is 4. The normalized spacial score (nSPS) is 21.3. The van der Waals surface area contributed by atoms with Crippen molar-refractivity contribution in [3.63, 3.8) is 0 Å². The van der Waals surface area contributed by atoms with Crippen molar-refractivity contribution in [3.8, 4) is 10.6 Å². The van der Waals surface area contributed by atoms with Crippen LogP contribution in [0.5, 0.6) is 0 Å². The third kappa shape index (κ3) is 4.20. The lowest BCUT2D eigenvalue weighted by Gasteiger charge is -2.15. The molecule has 1 aromatic carbocycles. The van der Waals surface area contributed by atoms with Crippen LogP contribution in [0.2, 0.25) is 0 Å². The summed E-state index contributed by atoms with van der Waals surface area (Å²) >= 11 is 0.799. The quantitative estimate of drug-likeness (QED) is 0.466. The van der Waals surface area contributed by atoms with Gasteiger partial charge in [0.25, 0.3) is 5.91 Å². The predicted octanol–water partition coefficient (Wildman–Crippen LogP) is 3.47. The molecule has 0 spiro atoms. The highest BCUT2D eigenvalue weighted by Crippen LogP contribution is 2.36. The molecule has 170 valence electrons. The predicted molar refractivity (Wildman–Crippen MR) is 114 cm³/mol. The van der Waals surface area contributed by atoms with Gasteiger partial charge in [0.15, 0.2) is 5.69 Å². The highest BCUT2D eigenvalue weighted by molar-refractivity contribution is 7.19. The van der Waals surface area contributed by atoms with E-state index < -0.39 is 35.9 Å². The molecule has 0 saturated carbocycles. The number of anilines is 2. The third-order valence-corrected chi connectivity index (χ3v) is 6.17. The topological polar surface area (TPSA) is 132 Å². The Labute approximate surface area is 185 Å². The standard InChI is InChI=1S/C20H21F3N6O2S/c1-8-15(16(29-28-8)13-6-5-12(24)11(23)7-31-13)26-19(30)17-18(25)32-20(27-17)14-9(21)3-2-4-10(14)22/h2-4,11-13H,5-7,24-25H2,1H3,(H,26,30)(H,28,29). The molecule has 3 atom stereocenters. The number of halogens is 3. The molecule has 3 aromatic rings. The molecule has 8 nitrogen and oxygen atoms in total. The van der Waals surface area contributed by atoms with E-state index in [1.807, 2.05) is 0 Å². The summed E-state index contributed by atoms with van der Waals surface area (Å²) in [5, 5.41) is 9.57. The smallest absolute Gasteiger partial charge is 0.277 e. The molecule has 1 aliphatic heterocycles. The average Bonchev–Trinajstić information content (AvgIpc) is 3.25. The number of nitrogens with one attached hydrogen (secondary N) is 2. The Balaban J connectivity index is 1.59. The van der Waals surface area contributed by atoms with E-state index in [0.29, 0.717) is 29.9 Å². The molecule has 3 heterocycles. The van der Waals surface area contributed by atoms with Gasteiger partial charge in [0.1, 0.15) is 33.9 Å². The van der Waals surface area contributed by atoms with Crippen molar-refractivity contribution in [1.29, 1.82) is 0 Å². The van der Waals surface area contributed by atoms with Crippen LogP contribution in [-0.4, -0.2) is 39.9 Å². The Kier molecular flexibility index (Phi) is 6.17. The highest BCUT2D eigenvalue weighted by Gasteiger charge is 2.30. The maximum atomic E-state index is 14.1. The number of aryl methyl sites for hydroxylation is 1. The molecule has 1 aliphatic rings. The zero-order chi connectivity index (χ0) is 23.0. The molecule has 4 rings (SSSR count). The summed E-state index contributed by atoms with van der Waals surface area (Å²) in [7, 11) is 0. The minimum atomic E-state index is -1.28. The second-order valence-corrected chi connectivity index (χ2v) is 8.49. The Morgan fingerprint density at radius 3 is 2.75 bits per heavy atom. The van der Waals surface area contributed by atoms with E-state index in [4.69, 9.17) is 16.2 Å². The number of aromatic nitrogens is 3. The van der Waals surface area contributed by atoms with Crippen molar-refractivity contribution < 1.29 is 22.7 Å². The number of nitrogen functional groups attached to an aromatic ring is 1. The van der Waals surface area contributed by atoms with Gasteiger partial charge in [-0.1, -0.05) is 17.4 Å². The minimum Gasteiger partial charge on any atom is -0.389 e. The summed E-state index contributed by atoms with van der Waals surface area (Å²) in [4.78, 5) is 17.0. The van der Waals surface area contributed by atoms with E-state index in [1.165, 1.54) is 6.07 Å². The number of alkyl halides is 1. The van der Waals surface area contributed by atoms with E-state index >= 15 is 0 Å². The molecular weight excluding hydrogens is 445 g/mol. The fourth-order valence-electron chi connectivity index (χ4n) is 3.49. The fourth-order valence-corrected chi connectivity index (χ4v) is 4.36. The van der Waals surface area contributed by atoms with E-state index in [0.717, 1.165) is 23.5 Å². The summed E-state index contributed by atoms with van der Waals surface area (Å²) in [5.41, 5.74) is 12.5. The van der Waals surface area contributed by atoms with Gasteiger partial charge in [-0.15, -0.1) is 0 Å². The molecule has 0 radical (unpaired) electrons. The van der Waals surface area contributed by atoms with E-state index in [-0.39, 0.29) is 27.9 Å². The number of thiazole rings is 1. The molecule has 3 unspecified atom stereocenters. The van der Waals surface area contributed by atoms with Crippen molar-refractivity contribution in [2.24, 2.45) is 5.73 Å². The van der Waals surface area contributed by atoms with Crippen LogP contribution < -0.4 is 16.8 Å². The van der Waals surface area contributed by atoms with Crippen molar-refractivity contribution >= 4 is 27.9 Å². The Morgan fingerprint density at radius 1 is 1.31 bits per heavy atom. The van der Waals surface area contributed by atoms with Crippen LogP contribution in [0.25, 0.3) is 10.6 Å². The molecule has 1 fully saturated rings. The molecule has 6 N–H and O–H groups in total. The number of H-pyrrole nitrogens is 1. The van der Waals surface area contributed by atoms with Gasteiger partial charge in [-0.25, -0.2) is 18.2 Å². The number of hydrogen-bond acceptors (Lipinski definition) is 7. The Morgan fingerprint density at radius 2 is 2.03 bits per heavy atom. The SMILES string of the molecule is Cc1n[nH]c(C2CCC(N)C(F)CO2)c1NC(=O)c1nc(-c2c(F)cccc2F)sc1N. The number of carbonyl (C=O) groups excluding carboxylic acids is 1. The zero-order valence-corrected chi connectivity index (χ0v) is 17.8. The van der Waals surface area contributed by atoms with Gasteiger partial charge >= 0.3 is 0 Å². The van der Waals surface area contributed by atoms with Gasteiger partial charge in [-0.2, -0.15) is 5.10 Å². The molecular formula is C20H21F3N6O2S. The van der Waals surface area contributed by atoms with Gasteiger partial charge in [-0.05, 0) is 31.9 Å². The van der Waals surface area contributed by atoms with Gasteiger partial charge in [0.05, 0.1) is 29.2 Å². The second-order valence-electron chi connectivity index (χ2n) is 7.46. The van der Waals surface area contributed by atoms with Crippen LogP contribution in [0.4, 0.5) is 23.9 Å². The van der Waals surface area contributed by atoms with Crippen LogP contribution >= 0.6 is 11.3 Å². The van der Waals surface area contributed by atoms with Crippen LogP contribution in [0.1, 0.15) is 40.8 Å². The summed E-state index contributed by atoms with van der Waals surface area (Å²) < 4.78 is 47.7. The summed E-state index contributed by atoms with van der Waals surface area (Å²) in [6.07, 6.45) is -1.00. The number of nitrogens with two attached hydrogens (primary N) is 2. The molecule has 12 heteroatoms. The molecule has 0 bridgehead atoms. The molecule has 1 saturated heterocycles. The van der Waals surface area contributed by atoms with E-state index in [1.54, 1.807) is 6.92 Å². The van der Waals surface area contributed by atoms with Crippen molar-refractivity contribution in [2.45, 2.75) is 38.1 Å². The largest absolute Gasteiger partial charge is 0.389 e. The Hall–Kier alpha value is -2.96. The highest BCUT2D eigenvalue weighted by atomic mass is 32.1. The number of aromatic amines is 1. The lowest BCUT2D eigenvalue weighted by atomic mass is 10.0. The van der Waals surface area contributed by atoms with Crippen molar-refractivity contribution in [1.82, 2.24) is 15.2 Å². The molecule has 1 amide bonds. The van der Waals surface area contributed by atoms with Crippen molar-refractivity contribution in [3.05, 3.63) is 46.9 Å². The molecule has 32 heavy (non-hydrogen) atoms. The number of benzene rings is 1. The number of amides is 1. The number of hydrogen-bond donors (Lipinski definition) is 4. The lowest BCUT2D eigenvalue weighted by molar-refractivity contribution is 0.0267. The van der Waals surface area contributed by atoms with Gasteiger partial charge < -0.3 is 21.5 Å². The second kappa shape index (κ2) is 8.88. The summed E-state index contributed by atoms with van der Waals surface area (Å²) in [5.74, 6) is -2.30. The monoisotopic (exact) mass is 466 g/mol. The van der Waals surface area contributed by atoms with E-state index in [9.17, 15) is 18.0 Å². The zero-order valence-electron chi connectivity index (χ0n) is 17.0. The number of ether oxygens (including phenoxy) is 1. The first-order chi connectivity index (χ1) is 15.3. The minimum absolute atomic E-state index is 0.000174. The first kappa shape index (κ1) is 22.2. The number of nitrogens with zero attached hydrogens (tertiary/aromatic N) is 2. The fraction of sp³-hybridized carbons (Fsp3) is 0.350. The first-order valence-corrected chi connectivity index (χ1v) is 10.7. The van der Waals surface area contributed by atoms with Crippen LogP contribution in [-0.2, 0) is 4.74 Å². The molecule has 2 aromatic heterocycles. The van der Waals surface area contributed by atoms with Gasteiger partial charge in [-0.3, -0.25) is 9.89 Å². The lowest BCUT2D eigenvalue weighted by Crippen LogP contribution is -2.32. The van der Waals surface area contributed by atoms with Gasteiger partial charge in [0.2, 0.25) is 0 Å². The number of carbonyl (C=O) groups is 1.